The molecule has 0 saturated heterocycles. The molecule has 0 spiro atoms. The second-order valence-corrected chi connectivity index (χ2v) is 7.04. The van der Waals surface area contributed by atoms with Gasteiger partial charge in [-0.25, -0.2) is 0 Å². The Hall–Kier alpha value is -0.580. The van der Waals surface area contributed by atoms with E-state index in [0.29, 0.717) is 12.6 Å². The molecule has 0 heterocycles. The van der Waals surface area contributed by atoms with Gasteiger partial charge in [0, 0.05) is 18.2 Å². The summed E-state index contributed by atoms with van der Waals surface area (Å²) in [6.07, 6.45) is 2.54. The van der Waals surface area contributed by atoms with E-state index in [1.54, 1.807) is 0 Å². The molecule has 1 unspecified atom stereocenters. The van der Waals surface area contributed by atoms with E-state index < -0.39 is 5.60 Å². The smallest absolute Gasteiger partial charge is 0.138 e. The van der Waals surface area contributed by atoms with Crippen molar-refractivity contribution in [3.63, 3.8) is 0 Å². The van der Waals surface area contributed by atoms with Gasteiger partial charge in [-0.2, -0.15) is 0 Å². The largest absolute Gasteiger partial charge is 0.489 e. The number of hydrogen-bond donors (Lipinski definition) is 2. The highest BCUT2D eigenvalue weighted by Crippen LogP contribution is 2.31. The summed E-state index contributed by atoms with van der Waals surface area (Å²) < 4.78 is 6.85. The van der Waals surface area contributed by atoms with E-state index >= 15 is 0 Å². The summed E-state index contributed by atoms with van der Waals surface area (Å²) in [4.78, 5) is 0. The lowest BCUT2D eigenvalue weighted by Gasteiger charge is -2.28. The Bertz CT molecular complexity index is 456. The molecule has 20 heavy (non-hydrogen) atoms. The minimum atomic E-state index is -0.823. The Balaban J connectivity index is 2.04. The fourth-order valence-corrected chi connectivity index (χ4v) is 2.30. The summed E-state index contributed by atoms with van der Waals surface area (Å²) in [5, 5.41) is 13.8. The molecule has 2 rings (SSSR count). The van der Waals surface area contributed by atoms with Crippen LogP contribution in [0.25, 0.3) is 0 Å². The molecule has 3 nitrogen and oxygen atoms in total. The summed E-state index contributed by atoms with van der Waals surface area (Å²) in [5.74, 6) is 0.986. The van der Waals surface area contributed by atoms with Gasteiger partial charge in [-0.1, -0.05) is 26.0 Å². The summed E-state index contributed by atoms with van der Waals surface area (Å²) >= 11 is 3.54. The maximum atomic E-state index is 10.3. The number of rotatable bonds is 7. The van der Waals surface area contributed by atoms with Crippen molar-refractivity contribution in [3.8, 4) is 5.75 Å². The first-order valence-electron chi connectivity index (χ1n) is 7.26. The number of benzene rings is 1. The molecular weight excluding hydrogens is 318 g/mol. The summed E-state index contributed by atoms with van der Waals surface area (Å²) in [7, 11) is 0. The third-order valence-electron chi connectivity index (χ3n) is 3.96. The minimum absolute atomic E-state index is 0.151. The molecule has 0 aliphatic heterocycles. The van der Waals surface area contributed by atoms with Crippen molar-refractivity contribution in [1.82, 2.24) is 5.32 Å². The van der Waals surface area contributed by atoms with Crippen LogP contribution in [0.4, 0.5) is 0 Å². The van der Waals surface area contributed by atoms with Crippen LogP contribution in [0.15, 0.2) is 22.7 Å². The second kappa shape index (κ2) is 6.46. The SMILES string of the molecule is CC(C)C(C)(O)COc1c(Br)cccc1CNC1CC1. The normalized spacial score (nSPS) is 18.1. The van der Waals surface area contributed by atoms with Gasteiger partial charge in [0.2, 0.25) is 0 Å². The maximum Gasteiger partial charge on any atom is 0.138 e. The Kier molecular flexibility index (Phi) is 5.10. The fraction of sp³-hybridized carbons (Fsp3) is 0.625. The maximum absolute atomic E-state index is 10.3. The molecule has 1 fully saturated rings. The Morgan fingerprint density at radius 2 is 2.15 bits per heavy atom. The lowest BCUT2D eigenvalue weighted by molar-refractivity contribution is -0.0270. The molecule has 112 valence electrons. The highest BCUT2D eigenvalue weighted by Gasteiger charge is 2.27. The molecule has 1 saturated carbocycles. The number of ether oxygens (including phenoxy) is 1. The quantitative estimate of drug-likeness (QED) is 0.797. The minimum Gasteiger partial charge on any atom is -0.489 e. The van der Waals surface area contributed by atoms with Gasteiger partial charge in [0.05, 0.1) is 10.1 Å². The number of para-hydroxylation sites is 1. The van der Waals surface area contributed by atoms with Crippen molar-refractivity contribution >= 4 is 15.9 Å². The van der Waals surface area contributed by atoms with Crippen LogP contribution in [-0.2, 0) is 6.54 Å². The Labute approximate surface area is 129 Å². The summed E-state index contributed by atoms with van der Waals surface area (Å²) in [6, 6.07) is 6.72. The summed E-state index contributed by atoms with van der Waals surface area (Å²) in [6.45, 7) is 6.92. The number of halogens is 1. The van der Waals surface area contributed by atoms with Crippen LogP contribution in [-0.4, -0.2) is 23.4 Å². The Morgan fingerprint density at radius 3 is 2.75 bits per heavy atom. The van der Waals surface area contributed by atoms with Crippen molar-refractivity contribution in [1.29, 1.82) is 0 Å². The monoisotopic (exact) mass is 341 g/mol. The molecule has 0 aromatic heterocycles. The van der Waals surface area contributed by atoms with E-state index in [1.807, 2.05) is 32.9 Å². The predicted molar refractivity (Wildman–Crippen MR) is 85.0 cm³/mol. The average Bonchev–Trinajstić information content (AvgIpc) is 3.19. The fourth-order valence-electron chi connectivity index (χ4n) is 1.78. The van der Waals surface area contributed by atoms with Crippen LogP contribution < -0.4 is 10.1 Å². The van der Waals surface area contributed by atoms with Gasteiger partial charge in [-0.3, -0.25) is 0 Å². The van der Waals surface area contributed by atoms with E-state index in [9.17, 15) is 5.11 Å². The zero-order chi connectivity index (χ0) is 14.8. The van der Waals surface area contributed by atoms with Crippen LogP contribution in [0.3, 0.4) is 0 Å². The molecule has 1 atom stereocenters. The van der Waals surface area contributed by atoms with E-state index in [0.717, 1.165) is 22.3 Å². The second-order valence-electron chi connectivity index (χ2n) is 6.18. The van der Waals surface area contributed by atoms with Gasteiger partial charge in [0.25, 0.3) is 0 Å². The molecule has 1 aromatic rings. The molecule has 4 heteroatoms. The van der Waals surface area contributed by atoms with Crippen molar-refractivity contribution in [2.75, 3.05) is 6.61 Å². The zero-order valence-electron chi connectivity index (χ0n) is 12.4. The van der Waals surface area contributed by atoms with Gasteiger partial charge < -0.3 is 15.2 Å². The highest BCUT2D eigenvalue weighted by atomic mass is 79.9. The molecule has 0 radical (unpaired) electrons. The van der Waals surface area contributed by atoms with Gasteiger partial charge in [-0.05, 0) is 47.7 Å². The van der Waals surface area contributed by atoms with Crippen LogP contribution in [0.1, 0.15) is 39.2 Å². The predicted octanol–water partition coefficient (Wildman–Crippen LogP) is 3.49. The van der Waals surface area contributed by atoms with Crippen molar-refractivity contribution in [2.45, 2.75) is 51.8 Å². The van der Waals surface area contributed by atoms with Gasteiger partial charge in [-0.15, -0.1) is 0 Å². The van der Waals surface area contributed by atoms with Gasteiger partial charge >= 0.3 is 0 Å². The molecular formula is C16H24BrNO2. The highest BCUT2D eigenvalue weighted by molar-refractivity contribution is 9.10. The molecule has 1 aliphatic rings. The summed E-state index contributed by atoms with van der Waals surface area (Å²) in [5.41, 5.74) is 0.307. The lowest BCUT2D eigenvalue weighted by atomic mass is 9.94. The number of nitrogens with one attached hydrogen (secondary N) is 1. The first kappa shape index (κ1) is 15.8. The average molecular weight is 342 g/mol. The van der Waals surface area contributed by atoms with Gasteiger partial charge in [0.1, 0.15) is 12.4 Å². The van der Waals surface area contributed by atoms with Crippen molar-refractivity contribution in [2.24, 2.45) is 5.92 Å². The lowest BCUT2D eigenvalue weighted by Crippen LogP contribution is -2.38. The van der Waals surface area contributed by atoms with Crippen molar-refractivity contribution < 1.29 is 9.84 Å². The van der Waals surface area contributed by atoms with E-state index in [2.05, 4.69) is 27.3 Å². The zero-order valence-corrected chi connectivity index (χ0v) is 14.0. The molecule has 1 aromatic carbocycles. The third-order valence-corrected chi connectivity index (χ3v) is 4.58. The van der Waals surface area contributed by atoms with Crippen LogP contribution in [0.5, 0.6) is 5.75 Å². The van der Waals surface area contributed by atoms with E-state index in [1.165, 1.54) is 12.8 Å². The molecule has 2 N–H and O–H groups in total. The number of hydrogen-bond acceptors (Lipinski definition) is 3. The topological polar surface area (TPSA) is 41.5 Å². The third kappa shape index (κ3) is 4.21. The first-order valence-corrected chi connectivity index (χ1v) is 8.05. The number of aliphatic hydroxyl groups is 1. The van der Waals surface area contributed by atoms with Crippen molar-refractivity contribution in [3.05, 3.63) is 28.2 Å². The van der Waals surface area contributed by atoms with E-state index in [-0.39, 0.29) is 5.92 Å². The molecule has 1 aliphatic carbocycles. The van der Waals surface area contributed by atoms with Crippen LogP contribution in [0.2, 0.25) is 0 Å². The molecule has 0 amide bonds. The molecule has 0 bridgehead atoms. The van der Waals surface area contributed by atoms with E-state index in [4.69, 9.17) is 4.74 Å². The first-order chi connectivity index (χ1) is 9.40. The van der Waals surface area contributed by atoms with Crippen LogP contribution in [0, 0.1) is 5.92 Å². The van der Waals surface area contributed by atoms with Crippen LogP contribution >= 0.6 is 15.9 Å². The van der Waals surface area contributed by atoms with Gasteiger partial charge in [0.15, 0.2) is 0 Å². The standard InChI is InChI=1S/C16H24BrNO2/c1-11(2)16(3,19)10-20-15-12(5-4-6-14(15)17)9-18-13-7-8-13/h4-6,11,13,18-19H,7-10H2,1-3H3. The Morgan fingerprint density at radius 1 is 1.45 bits per heavy atom.